The van der Waals surface area contributed by atoms with E-state index in [1.165, 1.54) is 4.90 Å². The largest absolute Gasteiger partial charge is 0.452 e. The van der Waals surface area contributed by atoms with Crippen molar-refractivity contribution in [3.63, 3.8) is 0 Å². The molecule has 8 heteroatoms. The highest BCUT2D eigenvalue weighted by atomic mass is 32.2. The van der Waals surface area contributed by atoms with Crippen LogP contribution >= 0.6 is 11.8 Å². The van der Waals surface area contributed by atoms with Crippen molar-refractivity contribution in [3.05, 3.63) is 118 Å². The topological polar surface area (TPSA) is 92.8 Å². The molecule has 0 bridgehead atoms. The van der Waals surface area contributed by atoms with Crippen molar-refractivity contribution in [2.24, 2.45) is 0 Å². The predicted octanol–water partition coefficient (Wildman–Crippen LogP) is 6.18. The smallest absolute Gasteiger partial charge is 0.338 e. The van der Waals surface area contributed by atoms with E-state index in [1.54, 1.807) is 42.5 Å². The summed E-state index contributed by atoms with van der Waals surface area (Å²) in [5.41, 5.74) is 3.50. The summed E-state index contributed by atoms with van der Waals surface area (Å²) in [6, 6.07) is 27.3. The fourth-order valence-corrected chi connectivity index (χ4v) is 4.99. The molecule has 4 aromatic carbocycles. The number of hydrogen-bond donors (Lipinski definition) is 1. The number of nitrogens with zero attached hydrogens (tertiary/aromatic N) is 1. The molecule has 1 saturated heterocycles. The molecule has 39 heavy (non-hydrogen) atoms. The Morgan fingerprint density at radius 3 is 2.38 bits per heavy atom. The summed E-state index contributed by atoms with van der Waals surface area (Å²) in [6.07, 6.45) is 1.62. The van der Waals surface area contributed by atoms with Crippen LogP contribution < -0.4 is 5.32 Å². The van der Waals surface area contributed by atoms with Crippen molar-refractivity contribution in [1.82, 2.24) is 4.90 Å². The lowest BCUT2D eigenvalue weighted by atomic mass is 10.0. The number of rotatable bonds is 7. The highest BCUT2D eigenvalue weighted by molar-refractivity contribution is 8.18. The molecule has 0 radical (unpaired) electrons. The Balaban J connectivity index is 1.20. The number of benzene rings is 4. The minimum atomic E-state index is -0.643. The molecule has 0 unspecified atom stereocenters. The lowest BCUT2D eigenvalue weighted by Gasteiger charge is -2.14. The first-order valence-corrected chi connectivity index (χ1v) is 13.0. The highest BCUT2D eigenvalue weighted by Crippen LogP contribution is 2.34. The van der Waals surface area contributed by atoms with Crippen LogP contribution in [0.25, 0.3) is 16.8 Å². The molecule has 1 N–H and O–H groups in total. The molecule has 1 heterocycles. The summed E-state index contributed by atoms with van der Waals surface area (Å²) >= 11 is 0.887. The maximum atomic E-state index is 13.0. The van der Waals surface area contributed by atoms with Gasteiger partial charge in [0.1, 0.15) is 0 Å². The molecule has 1 aliphatic rings. The number of imide groups is 1. The van der Waals surface area contributed by atoms with Crippen LogP contribution in [0, 0.1) is 6.92 Å². The second kappa shape index (κ2) is 11.4. The first kappa shape index (κ1) is 25.9. The zero-order valence-electron chi connectivity index (χ0n) is 21.0. The number of fused-ring (bicyclic) bond motifs is 1. The van der Waals surface area contributed by atoms with Crippen LogP contribution in [-0.4, -0.2) is 34.5 Å². The molecule has 1 aliphatic heterocycles. The molecule has 0 saturated carbocycles. The predicted molar refractivity (Wildman–Crippen MR) is 152 cm³/mol. The molecule has 0 aliphatic carbocycles. The summed E-state index contributed by atoms with van der Waals surface area (Å²) < 4.78 is 5.12. The van der Waals surface area contributed by atoms with E-state index < -0.39 is 18.5 Å². The number of amides is 3. The van der Waals surface area contributed by atoms with Crippen molar-refractivity contribution in [3.8, 4) is 0 Å². The fraction of sp³-hybridized carbons (Fsp3) is 0.0968. The lowest BCUT2D eigenvalue weighted by molar-refractivity contribution is -0.123. The van der Waals surface area contributed by atoms with Gasteiger partial charge in [0.05, 0.1) is 17.0 Å². The fourth-order valence-electron chi connectivity index (χ4n) is 4.15. The quantitative estimate of drug-likeness (QED) is 0.224. The van der Waals surface area contributed by atoms with Crippen molar-refractivity contribution in [2.45, 2.75) is 13.5 Å². The van der Waals surface area contributed by atoms with E-state index in [-0.39, 0.29) is 23.3 Å². The van der Waals surface area contributed by atoms with Gasteiger partial charge in [-0.15, -0.1) is 0 Å². The van der Waals surface area contributed by atoms with Gasteiger partial charge in [-0.25, -0.2) is 4.79 Å². The van der Waals surface area contributed by atoms with Gasteiger partial charge in [0.2, 0.25) is 0 Å². The van der Waals surface area contributed by atoms with E-state index in [9.17, 15) is 19.2 Å². The van der Waals surface area contributed by atoms with E-state index in [4.69, 9.17) is 4.74 Å². The zero-order chi connectivity index (χ0) is 27.4. The van der Waals surface area contributed by atoms with Gasteiger partial charge in [-0.3, -0.25) is 19.3 Å². The summed E-state index contributed by atoms with van der Waals surface area (Å²) in [7, 11) is 0. The van der Waals surface area contributed by atoms with Crippen LogP contribution in [0.15, 0.2) is 95.9 Å². The van der Waals surface area contributed by atoms with Gasteiger partial charge in [-0.05, 0) is 70.9 Å². The number of carbonyl (C=O) groups excluding carboxylic acids is 4. The average Bonchev–Trinajstić information content (AvgIpc) is 3.20. The molecule has 7 nitrogen and oxygen atoms in total. The van der Waals surface area contributed by atoms with Crippen LogP contribution in [0.1, 0.15) is 27.0 Å². The maximum Gasteiger partial charge on any atom is 0.338 e. The van der Waals surface area contributed by atoms with Crippen LogP contribution in [0.3, 0.4) is 0 Å². The third-order valence-corrected chi connectivity index (χ3v) is 7.10. The molecule has 5 rings (SSSR count). The monoisotopic (exact) mass is 536 g/mol. The third-order valence-electron chi connectivity index (χ3n) is 6.20. The van der Waals surface area contributed by atoms with Gasteiger partial charge in [0.15, 0.2) is 6.61 Å². The Morgan fingerprint density at radius 1 is 0.897 bits per heavy atom. The molecule has 0 spiro atoms. The summed E-state index contributed by atoms with van der Waals surface area (Å²) in [4.78, 5) is 51.7. The third kappa shape index (κ3) is 6.08. The number of hydrogen-bond acceptors (Lipinski definition) is 6. The summed E-state index contributed by atoms with van der Waals surface area (Å²) in [5.74, 6) is -1.44. The van der Waals surface area contributed by atoms with Crippen molar-refractivity contribution < 1.29 is 23.9 Å². The van der Waals surface area contributed by atoms with Gasteiger partial charge in [0.25, 0.3) is 17.1 Å². The highest BCUT2D eigenvalue weighted by Gasteiger charge is 2.35. The Kier molecular flexibility index (Phi) is 7.56. The Labute approximate surface area is 229 Å². The minimum absolute atomic E-state index is 0.186. The van der Waals surface area contributed by atoms with Crippen LogP contribution in [0.4, 0.5) is 10.5 Å². The van der Waals surface area contributed by atoms with Crippen molar-refractivity contribution in [1.29, 1.82) is 0 Å². The zero-order valence-corrected chi connectivity index (χ0v) is 21.9. The van der Waals surface area contributed by atoms with E-state index in [0.29, 0.717) is 16.2 Å². The number of anilines is 1. The summed E-state index contributed by atoms with van der Waals surface area (Å²) in [5, 5.41) is 4.38. The Hall–Kier alpha value is -4.69. The number of ether oxygens (including phenoxy) is 1. The van der Waals surface area contributed by atoms with Crippen LogP contribution in [-0.2, 0) is 20.9 Å². The van der Waals surface area contributed by atoms with Crippen LogP contribution in [0.5, 0.6) is 0 Å². The SMILES string of the molecule is Cc1ccc(NC(=O)COC(=O)c2ccc(/C=C3\SC(=O)N(Cc4cccc5ccccc45)C3=O)cc2)cc1. The van der Waals surface area contributed by atoms with Crippen molar-refractivity contribution >= 4 is 57.3 Å². The molecule has 0 atom stereocenters. The number of esters is 1. The van der Waals surface area contributed by atoms with Gasteiger partial charge in [0, 0.05) is 5.69 Å². The van der Waals surface area contributed by atoms with E-state index in [0.717, 1.165) is 33.7 Å². The number of carbonyl (C=O) groups is 4. The molecule has 0 aromatic heterocycles. The van der Waals surface area contributed by atoms with Gasteiger partial charge in [-0.1, -0.05) is 72.3 Å². The normalized spacial score (nSPS) is 14.2. The first-order valence-electron chi connectivity index (χ1n) is 12.2. The van der Waals surface area contributed by atoms with Crippen molar-refractivity contribution in [2.75, 3.05) is 11.9 Å². The number of thioether (sulfide) groups is 1. The molecule has 4 aromatic rings. The Bertz CT molecular complexity index is 1610. The van der Waals surface area contributed by atoms with E-state index >= 15 is 0 Å². The Morgan fingerprint density at radius 2 is 1.62 bits per heavy atom. The van der Waals surface area contributed by atoms with E-state index in [2.05, 4.69) is 5.32 Å². The second-order valence-electron chi connectivity index (χ2n) is 9.02. The maximum absolute atomic E-state index is 13.0. The summed E-state index contributed by atoms with van der Waals surface area (Å²) in [6.45, 7) is 1.71. The molecular formula is C31H24N2O5S. The molecular weight excluding hydrogens is 512 g/mol. The van der Waals surface area contributed by atoms with Crippen LogP contribution in [0.2, 0.25) is 0 Å². The molecule has 1 fully saturated rings. The van der Waals surface area contributed by atoms with Gasteiger partial charge in [-0.2, -0.15) is 0 Å². The first-order chi connectivity index (χ1) is 18.9. The lowest BCUT2D eigenvalue weighted by Crippen LogP contribution is -2.27. The standard InChI is InChI=1S/C31H24N2O5S/c1-20-9-15-25(16-10-20)32-28(34)19-38-30(36)23-13-11-21(12-14-23)17-27-29(35)33(31(37)39-27)18-24-7-4-6-22-5-2-3-8-26(22)24/h2-17H,18-19H2,1H3,(H,32,34)/b27-17-. The molecule has 3 amide bonds. The van der Waals surface area contributed by atoms with E-state index in [1.807, 2.05) is 61.5 Å². The second-order valence-corrected chi connectivity index (χ2v) is 10.0. The van der Waals surface area contributed by atoms with Gasteiger partial charge >= 0.3 is 5.97 Å². The van der Waals surface area contributed by atoms with Gasteiger partial charge < -0.3 is 10.1 Å². The number of nitrogens with one attached hydrogen (secondary N) is 1. The average molecular weight is 537 g/mol. The minimum Gasteiger partial charge on any atom is -0.452 e. The number of aryl methyl sites for hydroxylation is 1. The molecule has 194 valence electrons.